The first-order chi connectivity index (χ1) is 10.0. The van der Waals surface area contributed by atoms with E-state index >= 15 is 0 Å². The van der Waals surface area contributed by atoms with Crippen LogP contribution in [0.5, 0.6) is 0 Å². The minimum absolute atomic E-state index is 0.205. The minimum Gasteiger partial charge on any atom is -0.466 e. The third-order valence-corrected chi connectivity index (χ3v) is 3.22. The SMILES string of the molecule is Cc1cc(C(=O)N(CCCN)c2cccc(F)c2)c(C)o1. The Morgan fingerprint density at radius 1 is 1.33 bits per heavy atom. The third kappa shape index (κ3) is 3.49. The fourth-order valence-corrected chi connectivity index (χ4v) is 2.23. The molecule has 0 saturated heterocycles. The quantitative estimate of drug-likeness (QED) is 0.920. The van der Waals surface area contributed by atoms with Crippen molar-refractivity contribution in [2.45, 2.75) is 20.3 Å². The third-order valence-electron chi connectivity index (χ3n) is 3.22. The molecule has 0 atom stereocenters. The molecule has 4 nitrogen and oxygen atoms in total. The van der Waals surface area contributed by atoms with Gasteiger partial charge in [-0.1, -0.05) is 6.07 Å². The number of anilines is 1. The Morgan fingerprint density at radius 2 is 2.10 bits per heavy atom. The van der Waals surface area contributed by atoms with Gasteiger partial charge in [0.1, 0.15) is 17.3 Å². The first kappa shape index (κ1) is 15.3. The maximum absolute atomic E-state index is 13.4. The van der Waals surface area contributed by atoms with E-state index in [1.807, 2.05) is 0 Å². The molecule has 2 rings (SSSR count). The molecule has 0 aliphatic rings. The van der Waals surface area contributed by atoms with Crippen LogP contribution in [0.4, 0.5) is 10.1 Å². The molecule has 1 aromatic heterocycles. The second kappa shape index (κ2) is 6.54. The van der Waals surface area contributed by atoms with E-state index < -0.39 is 0 Å². The summed E-state index contributed by atoms with van der Waals surface area (Å²) in [5.41, 5.74) is 6.54. The fraction of sp³-hybridized carbons (Fsp3) is 0.312. The number of aryl methyl sites for hydroxylation is 2. The second-order valence-electron chi connectivity index (χ2n) is 4.91. The van der Waals surface area contributed by atoms with Crippen LogP contribution >= 0.6 is 0 Å². The number of hydrogen-bond donors (Lipinski definition) is 1. The lowest BCUT2D eigenvalue weighted by Gasteiger charge is -2.22. The average molecular weight is 290 g/mol. The largest absolute Gasteiger partial charge is 0.466 e. The zero-order valence-electron chi connectivity index (χ0n) is 12.2. The van der Waals surface area contributed by atoms with Crippen molar-refractivity contribution in [3.8, 4) is 0 Å². The molecular formula is C16H19FN2O2. The van der Waals surface area contributed by atoms with Gasteiger partial charge in [0.05, 0.1) is 5.56 Å². The summed E-state index contributed by atoms with van der Waals surface area (Å²) < 4.78 is 18.8. The van der Waals surface area contributed by atoms with Gasteiger partial charge >= 0.3 is 0 Å². The van der Waals surface area contributed by atoms with Crippen molar-refractivity contribution >= 4 is 11.6 Å². The molecule has 2 aromatic rings. The molecule has 0 aliphatic carbocycles. The molecular weight excluding hydrogens is 271 g/mol. The Kier molecular flexibility index (Phi) is 4.75. The van der Waals surface area contributed by atoms with Gasteiger partial charge in [-0.2, -0.15) is 0 Å². The Morgan fingerprint density at radius 3 is 2.67 bits per heavy atom. The van der Waals surface area contributed by atoms with E-state index in [4.69, 9.17) is 10.2 Å². The first-order valence-electron chi connectivity index (χ1n) is 6.87. The molecule has 0 radical (unpaired) electrons. The van der Waals surface area contributed by atoms with Gasteiger partial charge in [0.2, 0.25) is 0 Å². The summed E-state index contributed by atoms with van der Waals surface area (Å²) in [6, 6.07) is 7.69. The van der Waals surface area contributed by atoms with E-state index in [2.05, 4.69) is 0 Å². The number of carbonyl (C=O) groups is 1. The Bertz CT molecular complexity index is 637. The maximum atomic E-state index is 13.4. The predicted molar refractivity (Wildman–Crippen MR) is 79.9 cm³/mol. The molecule has 2 N–H and O–H groups in total. The van der Waals surface area contributed by atoms with Gasteiger partial charge in [-0.25, -0.2) is 4.39 Å². The van der Waals surface area contributed by atoms with Gasteiger partial charge in [-0.15, -0.1) is 0 Å². The van der Waals surface area contributed by atoms with Crippen molar-refractivity contribution < 1.29 is 13.6 Å². The van der Waals surface area contributed by atoms with E-state index in [1.54, 1.807) is 32.0 Å². The molecule has 0 bridgehead atoms. The number of amides is 1. The minimum atomic E-state index is -0.377. The highest BCUT2D eigenvalue weighted by molar-refractivity contribution is 6.06. The fourth-order valence-electron chi connectivity index (χ4n) is 2.23. The van der Waals surface area contributed by atoms with Crippen LogP contribution in [-0.2, 0) is 0 Å². The molecule has 1 amide bonds. The summed E-state index contributed by atoms with van der Waals surface area (Å²) in [6.07, 6.45) is 0.637. The number of furan rings is 1. The van der Waals surface area contributed by atoms with E-state index in [-0.39, 0.29) is 11.7 Å². The molecule has 112 valence electrons. The van der Waals surface area contributed by atoms with Crippen molar-refractivity contribution in [2.24, 2.45) is 5.73 Å². The van der Waals surface area contributed by atoms with Crippen molar-refractivity contribution in [1.82, 2.24) is 0 Å². The van der Waals surface area contributed by atoms with Gasteiger partial charge in [0, 0.05) is 12.2 Å². The number of benzene rings is 1. The van der Waals surface area contributed by atoms with Crippen LogP contribution in [0.3, 0.4) is 0 Å². The molecule has 0 fully saturated rings. The van der Waals surface area contributed by atoms with Gasteiger partial charge in [-0.05, 0) is 51.1 Å². The van der Waals surface area contributed by atoms with Gasteiger partial charge in [0.15, 0.2) is 0 Å². The molecule has 1 heterocycles. The van der Waals surface area contributed by atoms with Gasteiger partial charge < -0.3 is 15.1 Å². The topological polar surface area (TPSA) is 59.5 Å². The van der Waals surface area contributed by atoms with Crippen LogP contribution < -0.4 is 10.6 Å². The van der Waals surface area contributed by atoms with Crippen LogP contribution in [0.15, 0.2) is 34.7 Å². The molecule has 0 saturated carbocycles. The average Bonchev–Trinajstić information content (AvgIpc) is 2.78. The van der Waals surface area contributed by atoms with E-state index in [0.717, 1.165) is 0 Å². The zero-order chi connectivity index (χ0) is 15.4. The molecule has 21 heavy (non-hydrogen) atoms. The molecule has 1 aromatic carbocycles. The lowest BCUT2D eigenvalue weighted by atomic mass is 10.2. The summed E-state index contributed by atoms with van der Waals surface area (Å²) in [6.45, 7) is 4.42. The Hall–Kier alpha value is -2.14. The number of rotatable bonds is 5. The van der Waals surface area contributed by atoms with Crippen LogP contribution in [0, 0.1) is 19.7 Å². The normalized spacial score (nSPS) is 10.7. The number of halogens is 1. The lowest BCUT2D eigenvalue weighted by molar-refractivity contribution is 0.0985. The van der Waals surface area contributed by atoms with E-state index in [1.165, 1.54) is 17.0 Å². The number of nitrogens with zero attached hydrogens (tertiary/aromatic N) is 1. The van der Waals surface area contributed by atoms with Crippen molar-refractivity contribution in [1.29, 1.82) is 0 Å². The van der Waals surface area contributed by atoms with E-state index in [9.17, 15) is 9.18 Å². The van der Waals surface area contributed by atoms with Gasteiger partial charge in [-0.3, -0.25) is 4.79 Å². The number of carbonyl (C=O) groups excluding carboxylic acids is 1. The van der Waals surface area contributed by atoms with Crippen molar-refractivity contribution in [3.63, 3.8) is 0 Å². The second-order valence-corrected chi connectivity index (χ2v) is 4.91. The van der Waals surface area contributed by atoms with Crippen LogP contribution in [0.2, 0.25) is 0 Å². The molecule has 0 unspecified atom stereocenters. The number of hydrogen-bond acceptors (Lipinski definition) is 3. The zero-order valence-corrected chi connectivity index (χ0v) is 12.2. The van der Waals surface area contributed by atoms with Crippen molar-refractivity contribution in [2.75, 3.05) is 18.0 Å². The number of nitrogens with two attached hydrogens (primary N) is 1. The van der Waals surface area contributed by atoms with Crippen LogP contribution in [-0.4, -0.2) is 19.0 Å². The summed E-state index contributed by atoms with van der Waals surface area (Å²) in [4.78, 5) is 14.2. The van der Waals surface area contributed by atoms with Crippen LogP contribution in [0.1, 0.15) is 28.3 Å². The van der Waals surface area contributed by atoms with Crippen LogP contribution in [0.25, 0.3) is 0 Å². The summed E-state index contributed by atoms with van der Waals surface area (Å²) in [5, 5.41) is 0. The molecule has 0 aliphatic heterocycles. The lowest BCUT2D eigenvalue weighted by Crippen LogP contribution is -2.33. The van der Waals surface area contributed by atoms with Crippen molar-refractivity contribution in [3.05, 3.63) is 53.2 Å². The molecule has 5 heteroatoms. The standard InChI is InChI=1S/C16H19FN2O2/c1-11-9-15(12(2)21-11)16(20)19(8-4-7-18)14-6-3-5-13(17)10-14/h3,5-6,9-10H,4,7-8,18H2,1-2H3. The first-order valence-corrected chi connectivity index (χ1v) is 6.87. The smallest absolute Gasteiger partial charge is 0.261 e. The maximum Gasteiger partial charge on any atom is 0.261 e. The van der Waals surface area contributed by atoms with Gasteiger partial charge in [0.25, 0.3) is 5.91 Å². The highest BCUT2D eigenvalue weighted by Gasteiger charge is 2.21. The molecule has 0 spiro atoms. The Balaban J connectivity index is 2.35. The summed E-state index contributed by atoms with van der Waals surface area (Å²) >= 11 is 0. The monoisotopic (exact) mass is 290 g/mol. The van der Waals surface area contributed by atoms with E-state index in [0.29, 0.717) is 42.3 Å². The summed E-state index contributed by atoms with van der Waals surface area (Å²) in [5.74, 6) is 0.655. The highest BCUT2D eigenvalue weighted by Crippen LogP contribution is 2.22. The predicted octanol–water partition coefficient (Wildman–Crippen LogP) is 3.03. The summed E-state index contributed by atoms with van der Waals surface area (Å²) in [7, 11) is 0. The Labute approximate surface area is 123 Å². The highest BCUT2D eigenvalue weighted by atomic mass is 19.1.